The second-order valence-electron chi connectivity index (χ2n) is 14.3. The molecule has 0 saturated carbocycles. The standard InChI is InChI=1S/C42H43BrFN3O7Si/c1-8-50-41(48)35(53-40-36-34(20-22-46-40)52-38(37(36)43)26-13-15-28(44)16-14-26)24-27-23-30(54-55(6,7)42(2,3)4)17-18-32(27)51-25-29-19-21-45-39(47-29)31-11-9-10-12-33(31)49-5/h9-23,35H,8,24-25H2,1-7H3/t35-/m1/s1. The van der Waals surface area contributed by atoms with Crippen molar-refractivity contribution in [2.75, 3.05) is 13.7 Å². The predicted molar refractivity (Wildman–Crippen MR) is 214 cm³/mol. The molecule has 0 aliphatic heterocycles. The largest absolute Gasteiger partial charge is 0.543 e. The molecule has 0 aliphatic carbocycles. The number of ether oxygens (including phenoxy) is 4. The number of furan rings is 1. The highest BCUT2D eigenvalue weighted by atomic mass is 79.9. The Kier molecular flexibility index (Phi) is 11.9. The summed E-state index contributed by atoms with van der Waals surface area (Å²) in [5.74, 6) is 1.98. The van der Waals surface area contributed by atoms with Crippen LogP contribution < -0.4 is 18.6 Å². The van der Waals surface area contributed by atoms with E-state index in [4.69, 9.17) is 32.8 Å². The number of benzene rings is 3. The average Bonchev–Trinajstić information content (AvgIpc) is 3.50. The number of nitrogens with zero attached hydrogens (tertiary/aromatic N) is 3. The molecule has 0 radical (unpaired) electrons. The number of hydrogen-bond donors (Lipinski definition) is 0. The van der Waals surface area contributed by atoms with Crippen LogP contribution in [0.1, 0.15) is 39.0 Å². The van der Waals surface area contributed by atoms with E-state index < -0.39 is 20.4 Å². The van der Waals surface area contributed by atoms with Crippen molar-refractivity contribution in [1.82, 2.24) is 15.0 Å². The van der Waals surface area contributed by atoms with E-state index in [1.807, 2.05) is 42.5 Å². The molecule has 3 aromatic heterocycles. The minimum absolute atomic E-state index is 0.0530. The van der Waals surface area contributed by atoms with Gasteiger partial charge in [0.05, 0.1) is 34.8 Å². The molecule has 6 aromatic rings. The van der Waals surface area contributed by atoms with Crippen molar-refractivity contribution in [2.45, 2.75) is 65.0 Å². The molecular formula is C42H43BrFN3O7Si. The highest BCUT2D eigenvalue weighted by molar-refractivity contribution is 9.10. The van der Waals surface area contributed by atoms with Crippen molar-refractivity contribution in [3.8, 4) is 45.8 Å². The van der Waals surface area contributed by atoms with Gasteiger partial charge in [0.25, 0.3) is 0 Å². The second kappa shape index (κ2) is 16.6. The third-order valence-electron chi connectivity index (χ3n) is 9.47. The Morgan fingerprint density at radius 2 is 1.71 bits per heavy atom. The van der Waals surface area contributed by atoms with Crippen molar-refractivity contribution in [1.29, 1.82) is 0 Å². The van der Waals surface area contributed by atoms with Gasteiger partial charge in [-0.25, -0.2) is 24.1 Å². The summed E-state index contributed by atoms with van der Waals surface area (Å²) in [7, 11) is -0.636. The van der Waals surface area contributed by atoms with Gasteiger partial charge in [0.2, 0.25) is 20.3 Å². The van der Waals surface area contributed by atoms with Crippen LogP contribution in [0.15, 0.2) is 100 Å². The van der Waals surface area contributed by atoms with Gasteiger partial charge in [0, 0.05) is 36.0 Å². The Hall–Kier alpha value is -5.27. The maximum Gasteiger partial charge on any atom is 0.347 e. The van der Waals surface area contributed by atoms with Crippen LogP contribution in [0.25, 0.3) is 33.7 Å². The zero-order chi connectivity index (χ0) is 39.3. The molecule has 13 heteroatoms. The van der Waals surface area contributed by atoms with E-state index in [9.17, 15) is 9.18 Å². The molecule has 0 N–H and O–H groups in total. The number of carbonyl (C=O) groups is 1. The van der Waals surface area contributed by atoms with Gasteiger partial charge < -0.3 is 27.8 Å². The lowest BCUT2D eigenvalue weighted by Gasteiger charge is -2.36. The molecule has 0 fully saturated rings. The molecule has 0 unspecified atom stereocenters. The first-order valence-corrected chi connectivity index (χ1v) is 21.5. The minimum atomic E-state index is -2.24. The Bertz CT molecular complexity index is 2290. The molecule has 6 rings (SSSR count). The number of halogens is 2. The number of rotatable bonds is 14. The maximum absolute atomic E-state index is 13.7. The number of fused-ring (bicyclic) bond motifs is 1. The molecule has 55 heavy (non-hydrogen) atoms. The zero-order valence-corrected chi connectivity index (χ0v) is 34.4. The van der Waals surface area contributed by atoms with Gasteiger partial charge in [-0.1, -0.05) is 32.9 Å². The van der Waals surface area contributed by atoms with E-state index >= 15 is 0 Å². The molecule has 10 nitrogen and oxygen atoms in total. The number of hydrogen-bond acceptors (Lipinski definition) is 10. The van der Waals surface area contributed by atoms with Crippen molar-refractivity contribution in [2.24, 2.45) is 0 Å². The fraction of sp³-hybridized carbons (Fsp3) is 0.286. The van der Waals surface area contributed by atoms with E-state index in [-0.39, 0.29) is 36.4 Å². The number of methoxy groups -OCH3 is 1. The highest BCUT2D eigenvalue weighted by Gasteiger charge is 2.39. The summed E-state index contributed by atoms with van der Waals surface area (Å²) in [4.78, 5) is 27.4. The Balaban J connectivity index is 1.35. The summed E-state index contributed by atoms with van der Waals surface area (Å²) in [6, 6.07) is 22.6. The quantitative estimate of drug-likeness (QED) is 0.0776. The Morgan fingerprint density at radius 3 is 2.44 bits per heavy atom. The first kappa shape index (κ1) is 39.4. The number of pyridine rings is 1. The average molecular weight is 829 g/mol. The number of aromatic nitrogens is 3. The van der Waals surface area contributed by atoms with Gasteiger partial charge in [0.15, 0.2) is 5.82 Å². The topological polar surface area (TPSA) is 115 Å². The minimum Gasteiger partial charge on any atom is -0.543 e. The number of carbonyl (C=O) groups excluding carboxylic acids is 1. The third-order valence-corrected chi connectivity index (χ3v) is 14.6. The van der Waals surface area contributed by atoms with Gasteiger partial charge in [-0.2, -0.15) is 0 Å². The zero-order valence-electron chi connectivity index (χ0n) is 31.8. The lowest BCUT2D eigenvalue weighted by molar-refractivity contribution is -0.151. The molecule has 3 heterocycles. The first-order chi connectivity index (χ1) is 26.3. The van der Waals surface area contributed by atoms with Crippen molar-refractivity contribution in [3.05, 3.63) is 113 Å². The summed E-state index contributed by atoms with van der Waals surface area (Å²) < 4.78 is 51.0. The number of para-hydroxylation sites is 1. The van der Waals surface area contributed by atoms with E-state index in [0.29, 0.717) is 61.1 Å². The van der Waals surface area contributed by atoms with Crippen LogP contribution in [0.5, 0.6) is 23.1 Å². The van der Waals surface area contributed by atoms with Gasteiger partial charge in [-0.05, 0) is 102 Å². The normalized spacial score (nSPS) is 12.3. The monoisotopic (exact) mass is 827 g/mol. The van der Waals surface area contributed by atoms with Crippen LogP contribution in [-0.4, -0.2) is 49.1 Å². The van der Waals surface area contributed by atoms with Gasteiger partial charge in [0.1, 0.15) is 41.0 Å². The van der Waals surface area contributed by atoms with Gasteiger partial charge >= 0.3 is 5.97 Å². The molecular weight excluding hydrogens is 785 g/mol. The van der Waals surface area contributed by atoms with Gasteiger partial charge in [-0.15, -0.1) is 0 Å². The molecule has 0 amide bonds. The summed E-state index contributed by atoms with van der Waals surface area (Å²) in [6.45, 7) is 12.8. The molecule has 0 aliphatic rings. The lowest BCUT2D eigenvalue weighted by Crippen LogP contribution is -2.43. The second-order valence-corrected chi connectivity index (χ2v) is 19.8. The first-order valence-electron chi connectivity index (χ1n) is 17.8. The Morgan fingerprint density at radius 1 is 0.964 bits per heavy atom. The summed E-state index contributed by atoms with van der Waals surface area (Å²) in [5, 5.41) is 0.456. The van der Waals surface area contributed by atoms with Crippen LogP contribution in [-0.2, 0) is 22.6 Å². The van der Waals surface area contributed by atoms with E-state index in [1.54, 1.807) is 44.5 Å². The van der Waals surface area contributed by atoms with Crippen LogP contribution in [0.2, 0.25) is 18.1 Å². The predicted octanol–water partition coefficient (Wildman–Crippen LogP) is 10.4. The Labute approximate surface area is 329 Å². The fourth-order valence-corrected chi connectivity index (χ4v) is 7.25. The van der Waals surface area contributed by atoms with Crippen LogP contribution in [0, 0.1) is 5.82 Å². The molecule has 1 atom stereocenters. The smallest absolute Gasteiger partial charge is 0.347 e. The molecule has 0 spiro atoms. The molecule has 0 saturated heterocycles. The molecule has 286 valence electrons. The highest BCUT2D eigenvalue weighted by Crippen LogP contribution is 2.42. The SMILES string of the molecule is CCOC(=O)[C@@H](Cc1cc(O[Si](C)(C)C(C)(C)C)ccc1OCc1ccnc(-c2ccccc2OC)n1)Oc1nccc2oc(-c3ccc(F)cc3)c(Br)c12. The summed E-state index contributed by atoms with van der Waals surface area (Å²) in [6.07, 6.45) is 2.12. The van der Waals surface area contributed by atoms with Crippen LogP contribution in [0.4, 0.5) is 4.39 Å². The number of esters is 1. The van der Waals surface area contributed by atoms with Crippen LogP contribution in [0.3, 0.4) is 0 Å². The summed E-state index contributed by atoms with van der Waals surface area (Å²) >= 11 is 3.64. The molecule has 0 bridgehead atoms. The van der Waals surface area contributed by atoms with Crippen molar-refractivity contribution in [3.63, 3.8) is 0 Å². The maximum atomic E-state index is 13.7. The lowest BCUT2D eigenvalue weighted by atomic mass is 10.1. The van der Waals surface area contributed by atoms with E-state index in [0.717, 1.165) is 5.56 Å². The van der Waals surface area contributed by atoms with Crippen LogP contribution >= 0.6 is 15.9 Å². The van der Waals surface area contributed by atoms with Gasteiger partial charge in [-0.3, -0.25) is 0 Å². The fourth-order valence-electron chi connectivity index (χ4n) is 5.56. The van der Waals surface area contributed by atoms with Crippen molar-refractivity contribution >= 4 is 41.2 Å². The molecule has 3 aromatic carbocycles. The van der Waals surface area contributed by atoms with E-state index in [1.165, 1.54) is 18.3 Å². The van der Waals surface area contributed by atoms with Crippen molar-refractivity contribution < 1.29 is 37.0 Å². The summed E-state index contributed by atoms with van der Waals surface area (Å²) in [5.41, 5.74) is 3.16. The third kappa shape index (κ3) is 9.00. The van der Waals surface area contributed by atoms with E-state index in [2.05, 4.69) is 59.8 Å².